The third-order valence-electron chi connectivity index (χ3n) is 2.53. The van der Waals surface area contributed by atoms with E-state index >= 15 is 0 Å². The van der Waals surface area contributed by atoms with Gasteiger partial charge in [0.2, 0.25) is 0 Å². The summed E-state index contributed by atoms with van der Waals surface area (Å²) < 4.78 is 4.52. The molecule has 1 aromatic rings. The zero-order valence-corrected chi connectivity index (χ0v) is 11.0. The van der Waals surface area contributed by atoms with Crippen LogP contribution in [0.2, 0.25) is 0 Å². The van der Waals surface area contributed by atoms with E-state index in [-0.39, 0.29) is 0 Å². The van der Waals surface area contributed by atoms with Gasteiger partial charge in [-0.1, -0.05) is 17.7 Å². The number of methoxy groups -OCH3 is 1. The monoisotopic (exact) mass is 250 g/mol. The van der Waals surface area contributed by atoms with Crippen LogP contribution in [0, 0.1) is 13.8 Å². The molecule has 0 saturated carbocycles. The lowest BCUT2D eigenvalue weighted by atomic mass is 10.1. The number of urea groups is 1. The Kier molecular flexibility index (Phi) is 4.71. The van der Waals surface area contributed by atoms with Gasteiger partial charge in [0.15, 0.2) is 0 Å². The Morgan fingerprint density at radius 2 is 1.94 bits per heavy atom. The molecule has 0 aliphatic rings. The summed E-state index contributed by atoms with van der Waals surface area (Å²) in [6.07, 6.45) is 0. The van der Waals surface area contributed by atoms with Crippen molar-refractivity contribution in [2.24, 2.45) is 0 Å². The quantitative estimate of drug-likeness (QED) is 0.806. The number of carbonyl (C=O) groups is 2. The fourth-order valence-electron chi connectivity index (χ4n) is 1.54. The van der Waals surface area contributed by atoms with E-state index < -0.39 is 18.0 Å². The van der Waals surface area contributed by atoms with Crippen molar-refractivity contribution in [3.8, 4) is 0 Å². The molecule has 18 heavy (non-hydrogen) atoms. The summed E-state index contributed by atoms with van der Waals surface area (Å²) in [5.74, 6) is -0.481. The molecule has 2 amide bonds. The van der Waals surface area contributed by atoms with Gasteiger partial charge in [-0.25, -0.2) is 9.59 Å². The molecule has 5 nitrogen and oxygen atoms in total. The van der Waals surface area contributed by atoms with Crippen LogP contribution in [0.3, 0.4) is 0 Å². The Balaban J connectivity index is 2.62. The number of aryl methyl sites for hydroxylation is 2. The smallest absolute Gasteiger partial charge is 0.328 e. The van der Waals surface area contributed by atoms with Gasteiger partial charge in [0.25, 0.3) is 0 Å². The third-order valence-corrected chi connectivity index (χ3v) is 2.53. The van der Waals surface area contributed by atoms with Gasteiger partial charge in [0.1, 0.15) is 6.04 Å². The summed E-state index contributed by atoms with van der Waals surface area (Å²) in [5.41, 5.74) is 2.81. The molecule has 0 aromatic heterocycles. The van der Waals surface area contributed by atoms with Crippen LogP contribution in [0.4, 0.5) is 10.5 Å². The normalized spacial score (nSPS) is 11.6. The summed E-state index contributed by atoms with van der Waals surface area (Å²) in [7, 11) is 1.28. The van der Waals surface area contributed by atoms with Gasteiger partial charge in [0, 0.05) is 5.69 Å². The zero-order valence-electron chi connectivity index (χ0n) is 11.0. The Bertz CT molecular complexity index is 458. The van der Waals surface area contributed by atoms with E-state index in [4.69, 9.17) is 0 Å². The Morgan fingerprint density at radius 3 is 2.50 bits per heavy atom. The van der Waals surface area contributed by atoms with E-state index in [1.54, 1.807) is 6.92 Å². The molecule has 0 bridgehead atoms. The second kappa shape index (κ2) is 6.05. The number of ether oxygens (including phenoxy) is 1. The van der Waals surface area contributed by atoms with E-state index in [0.717, 1.165) is 16.8 Å². The molecular weight excluding hydrogens is 232 g/mol. The first-order chi connectivity index (χ1) is 8.43. The average Bonchev–Trinajstić information content (AvgIpc) is 2.31. The van der Waals surface area contributed by atoms with Crippen molar-refractivity contribution >= 4 is 17.7 Å². The molecule has 0 radical (unpaired) electrons. The predicted molar refractivity (Wildman–Crippen MR) is 69.5 cm³/mol. The highest BCUT2D eigenvalue weighted by atomic mass is 16.5. The van der Waals surface area contributed by atoms with E-state index in [0.29, 0.717) is 0 Å². The molecule has 0 fully saturated rings. The largest absolute Gasteiger partial charge is 0.467 e. The number of nitrogens with one attached hydrogen (secondary N) is 2. The van der Waals surface area contributed by atoms with Crippen molar-refractivity contribution in [3.63, 3.8) is 0 Å². The summed E-state index contributed by atoms with van der Waals surface area (Å²) in [6.45, 7) is 5.45. The first-order valence-electron chi connectivity index (χ1n) is 5.66. The molecule has 0 saturated heterocycles. The highest BCUT2D eigenvalue weighted by Gasteiger charge is 2.15. The molecule has 1 aromatic carbocycles. The van der Waals surface area contributed by atoms with Crippen molar-refractivity contribution in [2.75, 3.05) is 12.4 Å². The molecule has 0 aliphatic heterocycles. The minimum atomic E-state index is -0.680. The van der Waals surface area contributed by atoms with E-state index in [1.165, 1.54) is 7.11 Å². The van der Waals surface area contributed by atoms with Crippen molar-refractivity contribution in [1.82, 2.24) is 5.32 Å². The Morgan fingerprint density at radius 1 is 1.28 bits per heavy atom. The average molecular weight is 250 g/mol. The fraction of sp³-hybridized carbons (Fsp3) is 0.385. The van der Waals surface area contributed by atoms with Crippen LogP contribution in [0.5, 0.6) is 0 Å². The number of amides is 2. The number of hydrogen-bond donors (Lipinski definition) is 2. The van der Waals surface area contributed by atoms with E-state index in [1.807, 2.05) is 32.0 Å². The lowest BCUT2D eigenvalue weighted by Gasteiger charge is -2.14. The number of esters is 1. The Labute approximate surface area is 107 Å². The van der Waals surface area contributed by atoms with Gasteiger partial charge >= 0.3 is 12.0 Å². The van der Waals surface area contributed by atoms with Crippen molar-refractivity contribution in [1.29, 1.82) is 0 Å². The second-order valence-corrected chi connectivity index (χ2v) is 4.16. The first kappa shape index (κ1) is 14.0. The predicted octanol–water partition coefficient (Wildman–Crippen LogP) is 1.99. The maximum atomic E-state index is 11.7. The molecule has 98 valence electrons. The van der Waals surface area contributed by atoms with Crippen LogP contribution < -0.4 is 10.6 Å². The lowest BCUT2D eigenvalue weighted by molar-refractivity contribution is -0.142. The summed E-state index contributed by atoms with van der Waals surface area (Å²) in [6, 6.07) is 4.60. The van der Waals surface area contributed by atoms with Crippen molar-refractivity contribution < 1.29 is 14.3 Å². The maximum absolute atomic E-state index is 11.7. The van der Waals surface area contributed by atoms with Gasteiger partial charge in [-0.3, -0.25) is 0 Å². The van der Waals surface area contributed by atoms with Crippen LogP contribution in [-0.2, 0) is 9.53 Å². The van der Waals surface area contributed by atoms with Gasteiger partial charge < -0.3 is 15.4 Å². The highest BCUT2D eigenvalue weighted by Crippen LogP contribution is 2.15. The number of rotatable bonds is 3. The highest BCUT2D eigenvalue weighted by molar-refractivity contribution is 5.93. The van der Waals surface area contributed by atoms with Crippen molar-refractivity contribution in [3.05, 3.63) is 29.3 Å². The molecule has 1 atom stereocenters. The fourth-order valence-corrected chi connectivity index (χ4v) is 1.54. The lowest BCUT2D eigenvalue weighted by Crippen LogP contribution is -2.41. The topological polar surface area (TPSA) is 67.4 Å². The van der Waals surface area contributed by atoms with Crippen LogP contribution in [-0.4, -0.2) is 25.2 Å². The Hall–Kier alpha value is -2.04. The van der Waals surface area contributed by atoms with E-state index in [9.17, 15) is 9.59 Å². The number of carbonyl (C=O) groups excluding carboxylic acids is 2. The third kappa shape index (κ3) is 3.76. The SMILES string of the molecule is COC(=O)[C@H](C)NC(=O)Nc1ccc(C)cc1C. The van der Waals surface area contributed by atoms with Crippen LogP contribution >= 0.6 is 0 Å². The number of benzene rings is 1. The number of anilines is 1. The molecular formula is C13H18N2O3. The summed E-state index contributed by atoms with van der Waals surface area (Å²) >= 11 is 0. The van der Waals surface area contributed by atoms with Crippen LogP contribution in [0.15, 0.2) is 18.2 Å². The molecule has 0 unspecified atom stereocenters. The van der Waals surface area contributed by atoms with Crippen LogP contribution in [0.1, 0.15) is 18.1 Å². The van der Waals surface area contributed by atoms with Gasteiger partial charge in [-0.2, -0.15) is 0 Å². The molecule has 1 rings (SSSR count). The molecule has 0 heterocycles. The zero-order chi connectivity index (χ0) is 13.7. The standard InChI is InChI=1S/C13H18N2O3/c1-8-5-6-11(9(2)7-8)15-13(17)14-10(3)12(16)18-4/h5-7,10H,1-4H3,(H2,14,15,17)/t10-/m0/s1. The summed E-state index contributed by atoms with van der Waals surface area (Å²) in [4.78, 5) is 22.8. The minimum Gasteiger partial charge on any atom is -0.467 e. The molecule has 2 N–H and O–H groups in total. The van der Waals surface area contributed by atoms with Gasteiger partial charge in [0.05, 0.1) is 7.11 Å². The number of hydrogen-bond acceptors (Lipinski definition) is 3. The molecule has 0 aliphatic carbocycles. The van der Waals surface area contributed by atoms with Crippen LogP contribution in [0.25, 0.3) is 0 Å². The minimum absolute atomic E-state index is 0.431. The second-order valence-electron chi connectivity index (χ2n) is 4.16. The first-order valence-corrected chi connectivity index (χ1v) is 5.66. The van der Waals surface area contributed by atoms with Crippen molar-refractivity contribution in [2.45, 2.75) is 26.8 Å². The molecule has 0 spiro atoms. The van der Waals surface area contributed by atoms with Gasteiger partial charge in [-0.05, 0) is 32.4 Å². The van der Waals surface area contributed by atoms with E-state index in [2.05, 4.69) is 15.4 Å². The maximum Gasteiger partial charge on any atom is 0.328 e. The van der Waals surface area contributed by atoms with Gasteiger partial charge in [-0.15, -0.1) is 0 Å². The molecule has 5 heteroatoms. The summed E-state index contributed by atoms with van der Waals surface area (Å²) in [5, 5.41) is 5.19.